The quantitative estimate of drug-likeness (QED) is 0.863. The smallest absolute Gasteiger partial charge is 0.0433 e. The third kappa shape index (κ3) is 2.48. The maximum atomic E-state index is 6.22. The molecule has 0 fully saturated rings. The van der Waals surface area contributed by atoms with E-state index < -0.39 is 0 Å². The van der Waals surface area contributed by atoms with Gasteiger partial charge in [-0.15, -0.1) is 11.3 Å². The van der Waals surface area contributed by atoms with Crippen molar-refractivity contribution in [3.05, 3.63) is 44.3 Å². The van der Waals surface area contributed by atoms with Crippen LogP contribution in [0.4, 0.5) is 0 Å². The Labute approximate surface area is 98.6 Å². The summed E-state index contributed by atoms with van der Waals surface area (Å²) < 4.78 is 0. The number of hydrogen-bond donors (Lipinski definition) is 1. The summed E-state index contributed by atoms with van der Waals surface area (Å²) in [5, 5.41) is 6.43. The SMILES string of the molecule is CCc1ccsc1C(N)Cc1ccsc1. The van der Waals surface area contributed by atoms with Crippen LogP contribution in [-0.4, -0.2) is 0 Å². The summed E-state index contributed by atoms with van der Waals surface area (Å²) in [6.45, 7) is 2.18. The van der Waals surface area contributed by atoms with Crippen LogP contribution in [0.5, 0.6) is 0 Å². The van der Waals surface area contributed by atoms with E-state index in [0.29, 0.717) is 0 Å². The van der Waals surface area contributed by atoms with Gasteiger partial charge in [0.05, 0.1) is 0 Å². The van der Waals surface area contributed by atoms with Crippen molar-refractivity contribution in [2.75, 3.05) is 0 Å². The average Bonchev–Trinajstić information content (AvgIpc) is 2.86. The molecule has 0 saturated carbocycles. The summed E-state index contributed by atoms with van der Waals surface area (Å²) in [5.41, 5.74) is 8.98. The van der Waals surface area contributed by atoms with Crippen LogP contribution in [0.15, 0.2) is 28.3 Å². The zero-order chi connectivity index (χ0) is 10.7. The molecule has 2 aromatic rings. The largest absolute Gasteiger partial charge is 0.323 e. The monoisotopic (exact) mass is 237 g/mol. The molecule has 1 atom stereocenters. The van der Waals surface area contributed by atoms with E-state index in [1.165, 1.54) is 16.0 Å². The Kier molecular flexibility index (Phi) is 3.57. The zero-order valence-electron chi connectivity index (χ0n) is 8.77. The van der Waals surface area contributed by atoms with E-state index in [9.17, 15) is 0 Å². The van der Waals surface area contributed by atoms with Crippen LogP contribution in [-0.2, 0) is 12.8 Å². The summed E-state index contributed by atoms with van der Waals surface area (Å²) in [5.74, 6) is 0. The van der Waals surface area contributed by atoms with Crippen molar-refractivity contribution < 1.29 is 0 Å². The molecule has 0 aliphatic heterocycles. The van der Waals surface area contributed by atoms with Gasteiger partial charge >= 0.3 is 0 Å². The van der Waals surface area contributed by atoms with Crippen LogP contribution in [0.2, 0.25) is 0 Å². The average molecular weight is 237 g/mol. The second-order valence-electron chi connectivity index (χ2n) is 3.61. The molecule has 0 aromatic carbocycles. The molecule has 0 amide bonds. The van der Waals surface area contributed by atoms with Gasteiger partial charge in [-0.3, -0.25) is 0 Å². The number of hydrogen-bond acceptors (Lipinski definition) is 3. The van der Waals surface area contributed by atoms with Crippen LogP contribution in [0.25, 0.3) is 0 Å². The minimum Gasteiger partial charge on any atom is -0.323 e. The van der Waals surface area contributed by atoms with E-state index in [-0.39, 0.29) is 6.04 Å². The van der Waals surface area contributed by atoms with Crippen LogP contribution in [0.3, 0.4) is 0 Å². The fraction of sp³-hybridized carbons (Fsp3) is 0.333. The minimum absolute atomic E-state index is 0.162. The van der Waals surface area contributed by atoms with Crippen LogP contribution in [0, 0.1) is 0 Å². The van der Waals surface area contributed by atoms with Crippen molar-refractivity contribution in [3.8, 4) is 0 Å². The topological polar surface area (TPSA) is 26.0 Å². The number of thiophene rings is 2. The Morgan fingerprint density at radius 2 is 2.20 bits per heavy atom. The molecule has 2 N–H and O–H groups in total. The molecule has 1 nitrogen and oxygen atoms in total. The van der Waals surface area contributed by atoms with Crippen LogP contribution in [0.1, 0.15) is 29.0 Å². The first-order valence-corrected chi connectivity index (χ1v) is 6.96. The highest BCUT2D eigenvalue weighted by atomic mass is 32.1. The Bertz CT molecular complexity index is 403. The summed E-state index contributed by atoms with van der Waals surface area (Å²) in [6.07, 6.45) is 2.03. The molecule has 0 aliphatic carbocycles. The standard InChI is InChI=1S/C12H15NS2/c1-2-10-4-6-15-12(10)11(13)7-9-3-5-14-8-9/h3-6,8,11H,2,7,13H2,1H3. The molecule has 15 heavy (non-hydrogen) atoms. The van der Waals surface area contributed by atoms with E-state index >= 15 is 0 Å². The predicted octanol–water partition coefficient (Wildman–Crippen LogP) is 3.61. The summed E-state index contributed by atoms with van der Waals surface area (Å²) in [7, 11) is 0. The van der Waals surface area contributed by atoms with Gasteiger partial charge in [0, 0.05) is 10.9 Å². The number of nitrogens with two attached hydrogens (primary N) is 1. The van der Waals surface area contributed by atoms with Gasteiger partial charge in [-0.25, -0.2) is 0 Å². The molecule has 2 rings (SSSR count). The maximum absolute atomic E-state index is 6.22. The Hall–Kier alpha value is -0.640. The van der Waals surface area contributed by atoms with Gasteiger partial charge in [0.15, 0.2) is 0 Å². The Morgan fingerprint density at radius 1 is 1.33 bits per heavy atom. The summed E-state index contributed by atoms with van der Waals surface area (Å²) in [6, 6.07) is 4.51. The minimum atomic E-state index is 0.162. The molecular weight excluding hydrogens is 222 g/mol. The van der Waals surface area contributed by atoms with E-state index in [2.05, 4.69) is 35.2 Å². The molecule has 80 valence electrons. The van der Waals surface area contributed by atoms with Gasteiger partial charge in [0.25, 0.3) is 0 Å². The lowest BCUT2D eigenvalue weighted by Crippen LogP contribution is -2.12. The third-order valence-electron chi connectivity index (χ3n) is 2.53. The first-order chi connectivity index (χ1) is 7.31. The van der Waals surface area contributed by atoms with Crippen molar-refractivity contribution >= 4 is 22.7 Å². The van der Waals surface area contributed by atoms with Gasteiger partial charge in [-0.1, -0.05) is 6.92 Å². The first-order valence-electron chi connectivity index (χ1n) is 5.14. The van der Waals surface area contributed by atoms with E-state index in [0.717, 1.165) is 12.8 Å². The fourth-order valence-corrected chi connectivity index (χ4v) is 3.40. The molecule has 2 aromatic heterocycles. The lowest BCUT2D eigenvalue weighted by Gasteiger charge is -2.10. The highest BCUT2D eigenvalue weighted by molar-refractivity contribution is 7.10. The lowest BCUT2D eigenvalue weighted by molar-refractivity contribution is 0.730. The molecule has 2 heterocycles. The summed E-state index contributed by atoms with van der Waals surface area (Å²) in [4.78, 5) is 1.35. The molecule has 0 radical (unpaired) electrons. The van der Waals surface area contributed by atoms with E-state index in [1.54, 1.807) is 22.7 Å². The number of rotatable bonds is 4. The second-order valence-corrected chi connectivity index (χ2v) is 5.33. The Balaban J connectivity index is 2.11. The van der Waals surface area contributed by atoms with Crippen molar-refractivity contribution in [2.45, 2.75) is 25.8 Å². The first kappa shape index (κ1) is 10.9. The molecule has 1 unspecified atom stereocenters. The van der Waals surface area contributed by atoms with Gasteiger partial charge in [0.2, 0.25) is 0 Å². The molecule has 0 aliphatic rings. The van der Waals surface area contributed by atoms with Crippen molar-refractivity contribution in [1.29, 1.82) is 0 Å². The summed E-state index contributed by atoms with van der Waals surface area (Å²) >= 11 is 3.52. The third-order valence-corrected chi connectivity index (χ3v) is 4.36. The van der Waals surface area contributed by atoms with Crippen molar-refractivity contribution in [2.24, 2.45) is 5.73 Å². The highest BCUT2D eigenvalue weighted by Crippen LogP contribution is 2.26. The van der Waals surface area contributed by atoms with E-state index in [1.807, 2.05) is 0 Å². The fourth-order valence-electron chi connectivity index (χ4n) is 1.72. The van der Waals surface area contributed by atoms with Gasteiger partial charge in [-0.05, 0) is 52.2 Å². The van der Waals surface area contributed by atoms with Gasteiger partial charge in [-0.2, -0.15) is 11.3 Å². The molecule has 0 bridgehead atoms. The highest BCUT2D eigenvalue weighted by Gasteiger charge is 2.12. The number of aryl methyl sites for hydroxylation is 1. The zero-order valence-corrected chi connectivity index (χ0v) is 10.4. The lowest BCUT2D eigenvalue weighted by atomic mass is 10.0. The Morgan fingerprint density at radius 3 is 2.87 bits per heavy atom. The maximum Gasteiger partial charge on any atom is 0.0433 e. The molecule has 0 saturated heterocycles. The normalized spacial score (nSPS) is 12.9. The molecule has 0 spiro atoms. The molecule has 3 heteroatoms. The van der Waals surface area contributed by atoms with Gasteiger partial charge < -0.3 is 5.73 Å². The van der Waals surface area contributed by atoms with Crippen molar-refractivity contribution in [1.82, 2.24) is 0 Å². The predicted molar refractivity (Wildman–Crippen MR) is 68.6 cm³/mol. The second kappa shape index (κ2) is 4.92. The van der Waals surface area contributed by atoms with Crippen molar-refractivity contribution in [3.63, 3.8) is 0 Å². The van der Waals surface area contributed by atoms with Gasteiger partial charge in [0.1, 0.15) is 0 Å². The molecular formula is C12H15NS2. The van der Waals surface area contributed by atoms with E-state index in [4.69, 9.17) is 5.73 Å². The van der Waals surface area contributed by atoms with Crippen LogP contribution < -0.4 is 5.73 Å². The van der Waals surface area contributed by atoms with Crippen LogP contribution >= 0.6 is 22.7 Å².